The molecule has 0 N–H and O–H groups in total. The second-order valence-corrected chi connectivity index (χ2v) is 16.8. The van der Waals surface area contributed by atoms with E-state index in [1.54, 1.807) is 0 Å². The first kappa shape index (κ1) is 48.1. The maximum absolute atomic E-state index is 12.1. The number of esters is 1. The van der Waals surface area contributed by atoms with Gasteiger partial charge in [-0.25, -0.2) is 0 Å². The summed E-state index contributed by atoms with van der Waals surface area (Å²) in [4.78, 5) is 12.1. The van der Waals surface area contributed by atoms with Crippen LogP contribution in [0.4, 0.5) is 0 Å². The topological polar surface area (TPSA) is 26.3 Å². The molecule has 1 fully saturated rings. The fraction of sp³-hybridized carbons (Fsp3) is 0.875. The molecule has 0 saturated carbocycles. The zero-order chi connectivity index (χ0) is 36.8. The number of carbonyl (C=O) groups is 1. The van der Waals surface area contributed by atoms with Gasteiger partial charge in [-0.3, -0.25) is 4.79 Å². The fourth-order valence-electron chi connectivity index (χ4n) is 7.77. The Morgan fingerprint density at radius 3 is 0.882 bits per heavy atom. The van der Waals surface area contributed by atoms with E-state index in [0.717, 1.165) is 12.8 Å². The van der Waals surface area contributed by atoms with Crippen LogP contribution < -0.4 is 0 Å². The number of cyclic esters (lactones) is 1. The highest BCUT2D eigenvalue weighted by atomic mass is 32.1. The minimum Gasteiger partial charge on any atom is -0.418 e. The van der Waals surface area contributed by atoms with Crippen molar-refractivity contribution in [2.24, 2.45) is 5.41 Å². The van der Waals surface area contributed by atoms with Crippen LogP contribution in [0.25, 0.3) is 0 Å². The average Bonchev–Trinajstić information content (AvgIpc) is 3.41. The van der Waals surface area contributed by atoms with E-state index in [1.807, 2.05) is 0 Å². The van der Waals surface area contributed by atoms with Gasteiger partial charge in [-0.05, 0) is 37.9 Å². The van der Waals surface area contributed by atoms with E-state index in [0.29, 0.717) is 11.5 Å². The Balaban J connectivity index is 1.98. The molecular weight excluding hydrogens is 641 g/mol. The third-order valence-electron chi connectivity index (χ3n) is 11.3. The van der Waals surface area contributed by atoms with Crippen molar-refractivity contribution in [2.75, 3.05) is 0 Å². The molecule has 3 heteroatoms. The monoisotopic (exact) mass is 729 g/mol. The van der Waals surface area contributed by atoms with Gasteiger partial charge >= 0.3 is 5.97 Å². The summed E-state index contributed by atoms with van der Waals surface area (Å²) in [5, 5.41) is 0.440. The maximum atomic E-state index is 12.1. The number of unbranched alkanes of at least 4 members (excludes halogenated alkanes) is 36. The van der Waals surface area contributed by atoms with E-state index in [2.05, 4.69) is 38.2 Å². The molecule has 1 aliphatic heterocycles. The lowest BCUT2D eigenvalue weighted by atomic mass is 9.85. The first-order chi connectivity index (χ1) is 25.1. The summed E-state index contributed by atoms with van der Waals surface area (Å²) in [6.45, 7) is 4.59. The Hall–Kier alpha value is -0.960. The van der Waals surface area contributed by atoms with Gasteiger partial charge in [-0.2, -0.15) is 0 Å². The molecule has 0 aromatic rings. The van der Waals surface area contributed by atoms with Gasteiger partial charge in [-0.1, -0.05) is 256 Å². The van der Waals surface area contributed by atoms with Gasteiger partial charge in [0.05, 0.1) is 11.8 Å². The van der Waals surface area contributed by atoms with Crippen molar-refractivity contribution in [3.05, 3.63) is 24.3 Å². The van der Waals surface area contributed by atoms with Crippen molar-refractivity contribution in [3.63, 3.8) is 0 Å². The van der Waals surface area contributed by atoms with Gasteiger partial charge in [0, 0.05) is 0 Å². The number of ether oxygens (including phenoxy) is 1. The van der Waals surface area contributed by atoms with Crippen LogP contribution >= 0.6 is 12.2 Å². The highest BCUT2D eigenvalue weighted by Crippen LogP contribution is 2.36. The minimum absolute atomic E-state index is 0.185. The fourth-order valence-corrected chi connectivity index (χ4v) is 8.07. The van der Waals surface area contributed by atoms with Crippen molar-refractivity contribution in [2.45, 2.75) is 264 Å². The third kappa shape index (κ3) is 30.1. The summed E-state index contributed by atoms with van der Waals surface area (Å²) in [5.74, 6) is -0.185. The van der Waals surface area contributed by atoms with Crippen molar-refractivity contribution in [1.29, 1.82) is 0 Å². The molecule has 0 aromatic heterocycles. The predicted octanol–water partition coefficient (Wildman–Crippen LogP) is 17.2. The van der Waals surface area contributed by atoms with E-state index >= 15 is 0 Å². The van der Waals surface area contributed by atoms with Gasteiger partial charge < -0.3 is 4.74 Å². The number of carbonyl (C=O) groups excluding carboxylic acids is 1. The maximum Gasteiger partial charge on any atom is 0.313 e. The Kier molecular flexibility index (Phi) is 35.2. The summed E-state index contributed by atoms with van der Waals surface area (Å²) in [6, 6.07) is 0. The molecular formula is C48H88O2S. The number of allylic oxidation sites excluding steroid dienone is 2. The van der Waals surface area contributed by atoms with Gasteiger partial charge in [-0.15, -0.1) is 0 Å². The van der Waals surface area contributed by atoms with Crippen LogP contribution in [0.15, 0.2) is 24.3 Å². The van der Waals surface area contributed by atoms with Crippen LogP contribution in [0.5, 0.6) is 0 Å². The summed E-state index contributed by atoms with van der Waals surface area (Å²) in [7, 11) is 0. The van der Waals surface area contributed by atoms with Gasteiger partial charge in [0.15, 0.2) is 5.05 Å². The van der Waals surface area contributed by atoms with Crippen molar-refractivity contribution in [3.8, 4) is 0 Å². The number of thiocarbonyl (C=S) groups is 1. The molecule has 298 valence electrons. The third-order valence-corrected chi connectivity index (χ3v) is 11.8. The molecule has 2 nitrogen and oxygen atoms in total. The van der Waals surface area contributed by atoms with Crippen LogP contribution in [0.2, 0.25) is 0 Å². The molecule has 0 radical (unpaired) electrons. The molecule has 0 bridgehead atoms. The van der Waals surface area contributed by atoms with E-state index in [9.17, 15) is 4.79 Å². The average molecular weight is 729 g/mol. The predicted molar refractivity (Wildman–Crippen MR) is 231 cm³/mol. The smallest absolute Gasteiger partial charge is 0.313 e. The standard InChI is InChI=1S/C48H88O2S/c1-3-5-7-9-11-13-15-17-19-21-23-25-27-29-31-33-35-37-39-41-43-48(45-46(49)50-47(48)51)44-42-40-38-36-34-32-30-28-26-24-22-20-18-16-14-12-10-8-6-4-2/h41-44H,3-40,45H2,1-2H3. The Morgan fingerprint density at radius 1 is 0.431 bits per heavy atom. The summed E-state index contributed by atoms with van der Waals surface area (Å²) in [6.07, 6.45) is 61.9. The SMILES string of the molecule is CCCCCCCCCCCCCCCCCCCCC=CC1(C=CCCCCCCCCCCCCCCCCCCCC)CC(=O)OC1=S. The van der Waals surface area contributed by atoms with Gasteiger partial charge in [0.25, 0.3) is 0 Å². The summed E-state index contributed by atoms with van der Waals surface area (Å²) >= 11 is 5.54. The molecule has 1 aliphatic rings. The molecule has 1 heterocycles. The molecule has 0 unspecified atom stereocenters. The first-order valence-electron chi connectivity index (χ1n) is 23.2. The zero-order valence-electron chi connectivity index (χ0n) is 34.6. The van der Waals surface area contributed by atoms with Crippen LogP contribution in [-0.4, -0.2) is 11.0 Å². The van der Waals surface area contributed by atoms with Gasteiger partial charge in [0.1, 0.15) is 0 Å². The van der Waals surface area contributed by atoms with Crippen LogP contribution in [-0.2, 0) is 9.53 Å². The largest absolute Gasteiger partial charge is 0.418 e. The number of hydrogen-bond acceptors (Lipinski definition) is 3. The summed E-state index contributed by atoms with van der Waals surface area (Å²) < 4.78 is 5.36. The molecule has 1 rings (SSSR count). The Labute approximate surface area is 325 Å². The Morgan fingerprint density at radius 2 is 0.667 bits per heavy atom. The quantitative estimate of drug-likeness (QED) is 0.0272. The zero-order valence-corrected chi connectivity index (χ0v) is 35.4. The normalized spacial score (nSPS) is 16.4. The molecule has 0 amide bonds. The van der Waals surface area contributed by atoms with Crippen molar-refractivity contribution < 1.29 is 9.53 Å². The van der Waals surface area contributed by atoms with E-state index in [1.165, 1.54) is 231 Å². The highest BCUT2D eigenvalue weighted by molar-refractivity contribution is 7.80. The molecule has 1 saturated heterocycles. The number of rotatable bonds is 40. The van der Waals surface area contributed by atoms with E-state index < -0.39 is 5.41 Å². The number of hydrogen-bond donors (Lipinski definition) is 0. The van der Waals surface area contributed by atoms with Crippen molar-refractivity contribution in [1.82, 2.24) is 0 Å². The molecule has 0 atom stereocenters. The molecule has 0 aromatic carbocycles. The minimum atomic E-state index is -0.505. The second kappa shape index (κ2) is 37.4. The van der Waals surface area contributed by atoms with E-state index in [-0.39, 0.29) is 5.97 Å². The van der Waals surface area contributed by atoms with Crippen molar-refractivity contribution >= 4 is 23.2 Å². The lowest BCUT2D eigenvalue weighted by Crippen LogP contribution is -2.19. The molecule has 0 spiro atoms. The lowest BCUT2D eigenvalue weighted by Gasteiger charge is -2.17. The van der Waals surface area contributed by atoms with E-state index in [4.69, 9.17) is 17.0 Å². The summed E-state index contributed by atoms with van der Waals surface area (Å²) in [5.41, 5.74) is -0.505. The molecule has 0 aliphatic carbocycles. The lowest BCUT2D eigenvalue weighted by molar-refractivity contribution is -0.133. The van der Waals surface area contributed by atoms with Crippen LogP contribution in [0.1, 0.15) is 264 Å². The first-order valence-corrected chi connectivity index (χ1v) is 23.7. The second-order valence-electron chi connectivity index (χ2n) is 16.4. The van der Waals surface area contributed by atoms with Crippen LogP contribution in [0.3, 0.4) is 0 Å². The highest BCUT2D eigenvalue weighted by Gasteiger charge is 2.41. The van der Waals surface area contributed by atoms with Gasteiger partial charge in [0.2, 0.25) is 0 Å². The molecule has 51 heavy (non-hydrogen) atoms. The Bertz CT molecular complexity index is 779. The van der Waals surface area contributed by atoms with Crippen LogP contribution in [0, 0.1) is 5.41 Å².